The fourth-order valence-corrected chi connectivity index (χ4v) is 0.723. The largest absolute Gasteiger partial charge is 0.384 e. The van der Waals surface area contributed by atoms with Crippen molar-refractivity contribution in [2.45, 2.75) is 45.3 Å². The van der Waals surface area contributed by atoms with Crippen LogP contribution in [0.5, 0.6) is 0 Å². The van der Waals surface area contributed by atoms with E-state index < -0.39 is 12.0 Å². The van der Waals surface area contributed by atoms with Crippen LogP contribution >= 0.6 is 0 Å². The van der Waals surface area contributed by atoms with Gasteiger partial charge < -0.3 is 10.4 Å². The Bertz CT molecular complexity index is 126. The summed E-state index contributed by atoms with van der Waals surface area (Å²) in [7, 11) is 0. The highest BCUT2D eigenvalue weighted by atomic mass is 19.3. The lowest BCUT2D eigenvalue weighted by Gasteiger charge is -2.22. The first kappa shape index (κ1) is 11.8. The monoisotopic (exact) mass is 181 g/mol. The van der Waals surface area contributed by atoms with Crippen LogP contribution < -0.4 is 5.32 Å². The molecule has 0 bridgehead atoms. The third-order valence-corrected chi connectivity index (χ3v) is 1.65. The predicted octanol–water partition coefficient (Wildman–Crippen LogP) is 1.39. The molecule has 0 spiro atoms. The molecule has 1 unspecified atom stereocenters. The van der Waals surface area contributed by atoms with Gasteiger partial charge >= 0.3 is 0 Å². The summed E-state index contributed by atoms with van der Waals surface area (Å²) in [6.45, 7) is 5.42. The van der Waals surface area contributed by atoms with Crippen LogP contribution in [0.4, 0.5) is 8.78 Å². The van der Waals surface area contributed by atoms with Crippen molar-refractivity contribution in [2.24, 2.45) is 0 Å². The lowest BCUT2D eigenvalue weighted by molar-refractivity contribution is -0.0872. The first-order chi connectivity index (χ1) is 5.36. The van der Waals surface area contributed by atoms with E-state index in [9.17, 15) is 8.78 Å². The van der Waals surface area contributed by atoms with E-state index in [-0.39, 0.29) is 12.5 Å². The second-order valence-corrected chi connectivity index (χ2v) is 3.52. The highest BCUT2D eigenvalue weighted by Crippen LogP contribution is 2.18. The Labute approximate surface area is 72.0 Å². The topological polar surface area (TPSA) is 32.3 Å². The van der Waals surface area contributed by atoms with Gasteiger partial charge in [-0.25, -0.2) is 8.78 Å². The summed E-state index contributed by atoms with van der Waals surface area (Å²) in [5.41, 5.74) is -1.86. The summed E-state index contributed by atoms with van der Waals surface area (Å²) in [6.07, 6.45) is -2.60. The van der Waals surface area contributed by atoms with Crippen molar-refractivity contribution in [1.82, 2.24) is 5.32 Å². The van der Waals surface area contributed by atoms with Crippen LogP contribution in [-0.4, -0.2) is 29.7 Å². The maximum atomic E-state index is 12.1. The molecule has 0 saturated carbocycles. The second kappa shape index (κ2) is 4.72. The molecule has 12 heavy (non-hydrogen) atoms. The fourth-order valence-electron chi connectivity index (χ4n) is 0.723. The molecular formula is C8H17F2NO. The minimum atomic E-state index is -2.67. The first-order valence-electron chi connectivity index (χ1n) is 4.10. The third-order valence-electron chi connectivity index (χ3n) is 1.65. The van der Waals surface area contributed by atoms with Gasteiger partial charge in [-0.05, 0) is 19.9 Å². The molecule has 0 aromatic rings. The van der Waals surface area contributed by atoms with Crippen LogP contribution in [-0.2, 0) is 0 Å². The van der Waals surface area contributed by atoms with E-state index in [0.29, 0.717) is 6.54 Å². The number of alkyl halides is 2. The second-order valence-electron chi connectivity index (χ2n) is 3.52. The van der Waals surface area contributed by atoms with Gasteiger partial charge in [0, 0.05) is 6.04 Å². The van der Waals surface area contributed by atoms with E-state index in [1.54, 1.807) is 0 Å². The SMILES string of the molecule is CC(C)NCCC(C)(O)C(F)F. The predicted molar refractivity (Wildman–Crippen MR) is 44.4 cm³/mol. The van der Waals surface area contributed by atoms with E-state index in [4.69, 9.17) is 5.11 Å². The van der Waals surface area contributed by atoms with E-state index in [0.717, 1.165) is 6.92 Å². The van der Waals surface area contributed by atoms with E-state index in [1.165, 1.54) is 0 Å². The van der Waals surface area contributed by atoms with Gasteiger partial charge in [-0.3, -0.25) is 0 Å². The van der Waals surface area contributed by atoms with Gasteiger partial charge in [0.1, 0.15) is 5.60 Å². The Balaban J connectivity index is 3.61. The molecule has 0 aliphatic heterocycles. The summed E-state index contributed by atoms with van der Waals surface area (Å²) in [6, 6.07) is 0.262. The van der Waals surface area contributed by atoms with Gasteiger partial charge in [0.2, 0.25) is 0 Å². The number of halogens is 2. The van der Waals surface area contributed by atoms with Crippen LogP contribution in [0, 0.1) is 0 Å². The average molecular weight is 181 g/mol. The smallest absolute Gasteiger partial charge is 0.266 e. The standard InChI is InChI=1S/C8H17F2NO/c1-6(2)11-5-4-8(3,12)7(9)10/h6-7,11-12H,4-5H2,1-3H3. The maximum absolute atomic E-state index is 12.1. The summed E-state index contributed by atoms with van der Waals surface area (Å²) in [5.74, 6) is 0. The molecular weight excluding hydrogens is 164 g/mol. The quantitative estimate of drug-likeness (QED) is 0.671. The summed E-state index contributed by atoms with van der Waals surface area (Å²) in [4.78, 5) is 0. The molecule has 0 rings (SSSR count). The molecule has 0 aromatic heterocycles. The highest BCUT2D eigenvalue weighted by molar-refractivity contribution is 4.76. The first-order valence-corrected chi connectivity index (χ1v) is 4.10. The van der Waals surface area contributed by atoms with Crippen LogP contribution in [0.1, 0.15) is 27.2 Å². The minimum absolute atomic E-state index is 0.0723. The minimum Gasteiger partial charge on any atom is -0.384 e. The van der Waals surface area contributed by atoms with Crippen LogP contribution in [0.3, 0.4) is 0 Å². The van der Waals surface area contributed by atoms with E-state index in [1.807, 2.05) is 13.8 Å². The zero-order valence-electron chi connectivity index (χ0n) is 7.77. The molecule has 0 aliphatic rings. The molecule has 74 valence electrons. The molecule has 0 heterocycles. The van der Waals surface area contributed by atoms with Gasteiger partial charge in [-0.1, -0.05) is 13.8 Å². The summed E-state index contributed by atoms with van der Waals surface area (Å²) >= 11 is 0. The molecule has 2 N–H and O–H groups in total. The van der Waals surface area contributed by atoms with E-state index in [2.05, 4.69) is 5.32 Å². The average Bonchev–Trinajstić information content (AvgIpc) is 1.85. The summed E-state index contributed by atoms with van der Waals surface area (Å²) < 4.78 is 24.1. The van der Waals surface area contributed by atoms with Crippen LogP contribution in [0.2, 0.25) is 0 Å². The van der Waals surface area contributed by atoms with Crippen LogP contribution in [0.15, 0.2) is 0 Å². The van der Waals surface area contributed by atoms with Crippen molar-refractivity contribution in [3.8, 4) is 0 Å². The Kier molecular flexibility index (Phi) is 4.63. The number of nitrogens with one attached hydrogen (secondary N) is 1. The molecule has 0 fully saturated rings. The zero-order chi connectivity index (χ0) is 9.78. The molecule has 0 aromatic carbocycles. The highest BCUT2D eigenvalue weighted by Gasteiger charge is 2.31. The van der Waals surface area contributed by atoms with Crippen molar-refractivity contribution < 1.29 is 13.9 Å². The molecule has 1 atom stereocenters. The van der Waals surface area contributed by atoms with Crippen molar-refractivity contribution >= 4 is 0 Å². The number of hydrogen-bond donors (Lipinski definition) is 2. The van der Waals surface area contributed by atoms with Gasteiger partial charge in [0.05, 0.1) is 0 Å². The molecule has 0 amide bonds. The fraction of sp³-hybridized carbons (Fsp3) is 1.00. The zero-order valence-corrected chi connectivity index (χ0v) is 7.77. The Hall–Kier alpha value is -0.220. The van der Waals surface area contributed by atoms with Crippen molar-refractivity contribution in [1.29, 1.82) is 0 Å². The normalized spacial score (nSPS) is 17.0. The number of rotatable bonds is 5. The van der Waals surface area contributed by atoms with Crippen molar-refractivity contribution in [3.05, 3.63) is 0 Å². The van der Waals surface area contributed by atoms with Gasteiger partial charge in [0.15, 0.2) is 0 Å². The molecule has 0 radical (unpaired) electrons. The number of aliphatic hydroxyl groups is 1. The molecule has 4 heteroatoms. The lowest BCUT2D eigenvalue weighted by atomic mass is 10.0. The Morgan fingerprint density at radius 1 is 1.42 bits per heavy atom. The van der Waals surface area contributed by atoms with Crippen molar-refractivity contribution in [2.75, 3.05) is 6.54 Å². The van der Waals surface area contributed by atoms with Gasteiger partial charge in [-0.2, -0.15) is 0 Å². The third kappa shape index (κ3) is 4.62. The molecule has 0 aliphatic carbocycles. The Morgan fingerprint density at radius 2 is 1.92 bits per heavy atom. The molecule has 0 saturated heterocycles. The Morgan fingerprint density at radius 3 is 2.25 bits per heavy atom. The lowest BCUT2D eigenvalue weighted by Crippen LogP contribution is -2.38. The molecule has 2 nitrogen and oxygen atoms in total. The van der Waals surface area contributed by atoms with Crippen molar-refractivity contribution in [3.63, 3.8) is 0 Å². The van der Waals surface area contributed by atoms with E-state index >= 15 is 0 Å². The van der Waals surface area contributed by atoms with Crippen LogP contribution in [0.25, 0.3) is 0 Å². The summed E-state index contributed by atoms with van der Waals surface area (Å²) in [5, 5.41) is 12.1. The maximum Gasteiger partial charge on any atom is 0.266 e. The number of hydrogen-bond acceptors (Lipinski definition) is 2. The van der Waals surface area contributed by atoms with Gasteiger partial charge in [0.25, 0.3) is 6.43 Å². The van der Waals surface area contributed by atoms with Gasteiger partial charge in [-0.15, -0.1) is 0 Å².